The Hall–Kier alpha value is -2.52. The Bertz CT molecular complexity index is 792. The van der Waals surface area contributed by atoms with Crippen LogP contribution in [-0.2, 0) is 10.0 Å². The highest BCUT2D eigenvalue weighted by Gasteiger charge is 2.15. The Kier molecular flexibility index (Phi) is 3.63. The largest absolute Gasteiger partial charge is 0.399 e. The molecule has 0 atom stereocenters. The predicted molar refractivity (Wildman–Crippen MR) is 77.6 cm³/mol. The molecule has 5 nitrogen and oxygen atoms in total. The number of rotatable bonds is 3. The van der Waals surface area contributed by atoms with Crippen LogP contribution in [0.2, 0.25) is 0 Å². The molecule has 20 heavy (non-hydrogen) atoms. The van der Waals surface area contributed by atoms with E-state index in [1.807, 2.05) is 6.07 Å². The summed E-state index contributed by atoms with van der Waals surface area (Å²) in [6.45, 7) is 1.74. The summed E-state index contributed by atoms with van der Waals surface area (Å²) >= 11 is 0. The molecule has 0 saturated heterocycles. The van der Waals surface area contributed by atoms with Crippen molar-refractivity contribution in [2.24, 2.45) is 0 Å². The highest BCUT2D eigenvalue weighted by Crippen LogP contribution is 2.20. The molecule has 0 unspecified atom stereocenters. The SMILES string of the molecule is Cc1cc(S(=O)(=O)Nc2cccc(C#N)c2)ccc1N. The van der Waals surface area contributed by atoms with Crippen LogP contribution >= 0.6 is 0 Å². The van der Waals surface area contributed by atoms with Crippen molar-refractivity contribution >= 4 is 21.4 Å². The normalized spacial score (nSPS) is 10.8. The molecule has 0 bridgehead atoms. The zero-order valence-corrected chi connectivity index (χ0v) is 11.6. The highest BCUT2D eigenvalue weighted by atomic mass is 32.2. The van der Waals surface area contributed by atoms with Gasteiger partial charge in [0.1, 0.15) is 0 Å². The Balaban J connectivity index is 2.35. The molecule has 0 aliphatic heterocycles. The first-order valence-electron chi connectivity index (χ1n) is 5.81. The zero-order chi connectivity index (χ0) is 14.8. The van der Waals surface area contributed by atoms with Crippen molar-refractivity contribution in [1.82, 2.24) is 0 Å². The van der Waals surface area contributed by atoms with Gasteiger partial charge in [-0.1, -0.05) is 6.07 Å². The van der Waals surface area contributed by atoms with Crippen molar-refractivity contribution in [3.05, 3.63) is 53.6 Å². The Morgan fingerprint density at radius 2 is 1.95 bits per heavy atom. The van der Waals surface area contributed by atoms with Crippen LogP contribution in [0.25, 0.3) is 0 Å². The zero-order valence-electron chi connectivity index (χ0n) is 10.8. The second kappa shape index (κ2) is 5.23. The van der Waals surface area contributed by atoms with Gasteiger partial charge in [0.15, 0.2) is 0 Å². The summed E-state index contributed by atoms with van der Waals surface area (Å²) in [7, 11) is -3.69. The Morgan fingerprint density at radius 3 is 2.60 bits per heavy atom. The van der Waals surface area contributed by atoms with Gasteiger partial charge < -0.3 is 5.73 Å². The van der Waals surface area contributed by atoms with Crippen molar-refractivity contribution in [2.45, 2.75) is 11.8 Å². The third-order valence-corrected chi connectivity index (χ3v) is 4.17. The number of sulfonamides is 1. The third-order valence-electron chi connectivity index (χ3n) is 2.80. The van der Waals surface area contributed by atoms with Crippen molar-refractivity contribution in [3.63, 3.8) is 0 Å². The fraction of sp³-hybridized carbons (Fsp3) is 0.0714. The number of aryl methyl sites for hydroxylation is 1. The number of nitrogens with zero attached hydrogens (tertiary/aromatic N) is 1. The van der Waals surface area contributed by atoms with E-state index in [0.717, 1.165) is 0 Å². The molecule has 0 amide bonds. The lowest BCUT2D eigenvalue weighted by Gasteiger charge is -2.09. The second-order valence-electron chi connectivity index (χ2n) is 4.32. The maximum Gasteiger partial charge on any atom is 0.261 e. The van der Waals surface area contributed by atoms with Gasteiger partial charge in [0.2, 0.25) is 0 Å². The van der Waals surface area contributed by atoms with E-state index in [2.05, 4.69) is 4.72 Å². The van der Waals surface area contributed by atoms with E-state index < -0.39 is 10.0 Å². The molecule has 0 aliphatic carbocycles. The molecule has 0 fully saturated rings. The van der Waals surface area contributed by atoms with E-state index in [-0.39, 0.29) is 4.90 Å². The monoisotopic (exact) mass is 287 g/mol. The van der Waals surface area contributed by atoms with E-state index in [4.69, 9.17) is 11.0 Å². The highest BCUT2D eigenvalue weighted by molar-refractivity contribution is 7.92. The molecule has 0 saturated carbocycles. The van der Waals surface area contributed by atoms with E-state index in [0.29, 0.717) is 22.5 Å². The van der Waals surface area contributed by atoms with Crippen molar-refractivity contribution in [1.29, 1.82) is 5.26 Å². The van der Waals surface area contributed by atoms with Crippen molar-refractivity contribution < 1.29 is 8.42 Å². The average molecular weight is 287 g/mol. The predicted octanol–water partition coefficient (Wildman–Crippen LogP) is 2.25. The third kappa shape index (κ3) is 2.90. The van der Waals surface area contributed by atoms with Crippen LogP contribution in [0.4, 0.5) is 11.4 Å². The number of hydrogen-bond acceptors (Lipinski definition) is 4. The summed E-state index contributed by atoms with van der Waals surface area (Å²) in [5.41, 5.74) is 7.64. The topological polar surface area (TPSA) is 96.0 Å². The summed E-state index contributed by atoms with van der Waals surface area (Å²) in [6.07, 6.45) is 0. The number of nitrogens with one attached hydrogen (secondary N) is 1. The van der Waals surface area contributed by atoms with Gasteiger partial charge in [-0.2, -0.15) is 5.26 Å². The molecule has 0 heterocycles. The molecule has 2 aromatic rings. The molecule has 0 aliphatic rings. The summed E-state index contributed by atoms with van der Waals surface area (Å²) < 4.78 is 26.9. The first-order chi connectivity index (χ1) is 9.42. The Morgan fingerprint density at radius 1 is 1.20 bits per heavy atom. The van der Waals surface area contributed by atoms with Gasteiger partial charge in [0, 0.05) is 5.69 Å². The van der Waals surface area contributed by atoms with Crippen LogP contribution in [0.15, 0.2) is 47.4 Å². The van der Waals surface area contributed by atoms with Crippen LogP contribution in [0.1, 0.15) is 11.1 Å². The number of nitriles is 1. The van der Waals surface area contributed by atoms with E-state index in [1.165, 1.54) is 18.2 Å². The number of benzene rings is 2. The first-order valence-corrected chi connectivity index (χ1v) is 7.30. The molecule has 0 spiro atoms. The lowest BCUT2D eigenvalue weighted by atomic mass is 10.2. The number of hydrogen-bond donors (Lipinski definition) is 2. The average Bonchev–Trinajstić information content (AvgIpc) is 2.41. The van der Waals surface area contributed by atoms with Crippen molar-refractivity contribution in [3.8, 4) is 6.07 Å². The maximum atomic E-state index is 12.2. The second-order valence-corrected chi connectivity index (χ2v) is 6.00. The van der Waals surface area contributed by atoms with E-state index in [9.17, 15) is 8.42 Å². The molecule has 3 N–H and O–H groups in total. The van der Waals surface area contributed by atoms with Crippen molar-refractivity contribution in [2.75, 3.05) is 10.5 Å². The van der Waals surface area contributed by atoms with Crippen LogP contribution in [0.3, 0.4) is 0 Å². The van der Waals surface area contributed by atoms with Gasteiger partial charge >= 0.3 is 0 Å². The minimum Gasteiger partial charge on any atom is -0.399 e. The molecule has 102 valence electrons. The van der Waals surface area contributed by atoms with Gasteiger partial charge in [0.05, 0.1) is 22.2 Å². The fourth-order valence-electron chi connectivity index (χ4n) is 1.68. The van der Waals surface area contributed by atoms with Gasteiger partial charge in [-0.3, -0.25) is 4.72 Å². The van der Waals surface area contributed by atoms with Gasteiger partial charge in [-0.05, 0) is 48.9 Å². The quantitative estimate of drug-likeness (QED) is 0.846. The number of nitrogens with two attached hydrogens (primary N) is 1. The molecular weight excluding hydrogens is 274 g/mol. The van der Waals surface area contributed by atoms with E-state index >= 15 is 0 Å². The molecule has 2 rings (SSSR count). The number of nitrogen functional groups attached to an aromatic ring is 1. The lowest BCUT2D eigenvalue weighted by molar-refractivity contribution is 0.601. The maximum absolute atomic E-state index is 12.2. The molecule has 0 aromatic heterocycles. The lowest BCUT2D eigenvalue weighted by Crippen LogP contribution is -2.13. The summed E-state index contributed by atoms with van der Waals surface area (Å²) in [5.74, 6) is 0. The fourth-order valence-corrected chi connectivity index (χ4v) is 2.82. The minimum absolute atomic E-state index is 0.131. The van der Waals surface area contributed by atoms with Gasteiger partial charge in [-0.15, -0.1) is 0 Å². The smallest absolute Gasteiger partial charge is 0.261 e. The summed E-state index contributed by atoms with van der Waals surface area (Å²) in [5, 5.41) is 8.80. The molecule has 2 aromatic carbocycles. The standard InChI is InChI=1S/C14H13N3O2S/c1-10-7-13(5-6-14(10)16)20(18,19)17-12-4-2-3-11(8-12)9-15/h2-8,17H,16H2,1H3. The van der Waals surface area contributed by atoms with Crippen LogP contribution in [0, 0.1) is 18.3 Å². The Labute approximate surface area is 117 Å². The molecule has 6 heteroatoms. The number of anilines is 2. The van der Waals surface area contributed by atoms with Gasteiger partial charge in [0.25, 0.3) is 10.0 Å². The van der Waals surface area contributed by atoms with E-state index in [1.54, 1.807) is 31.2 Å². The molecular formula is C14H13N3O2S. The molecule has 0 radical (unpaired) electrons. The minimum atomic E-state index is -3.69. The van der Waals surface area contributed by atoms with Gasteiger partial charge in [-0.25, -0.2) is 8.42 Å². The first kappa shape index (κ1) is 13.9. The summed E-state index contributed by atoms with van der Waals surface area (Å²) in [4.78, 5) is 0.131. The van der Waals surface area contributed by atoms with Crippen LogP contribution in [0.5, 0.6) is 0 Å². The summed E-state index contributed by atoms with van der Waals surface area (Å²) in [6, 6.07) is 12.7. The van der Waals surface area contributed by atoms with Crippen LogP contribution < -0.4 is 10.5 Å². The van der Waals surface area contributed by atoms with Crippen LogP contribution in [-0.4, -0.2) is 8.42 Å².